The fourth-order valence-electron chi connectivity index (χ4n) is 7.72. The second-order valence-corrected chi connectivity index (χ2v) is 17.3. The molecule has 0 spiro atoms. The number of carbonyl (C=O) groups excluding carboxylic acids is 6. The molecule has 26 nitrogen and oxygen atoms in total. The number of nitrogens with two attached hydrogens (primary N) is 4. The Morgan fingerprint density at radius 1 is 0.446 bits per heavy atom. The summed E-state index contributed by atoms with van der Waals surface area (Å²) >= 11 is 0. The number of hydroxylamine groups is 1. The number of amides is 6. The van der Waals surface area contributed by atoms with E-state index in [0.717, 1.165) is 16.3 Å². The molecule has 0 heterocycles. The summed E-state index contributed by atoms with van der Waals surface area (Å²) in [5.41, 5.74) is 26.1. The number of guanidine groups is 4. The van der Waals surface area contributed by atoms with Crippen LogP contribution in [0.1, 0.15) is 62.5 Å². The van der Waals surface area contributed by atoms with Crippen LogP contribution >= 0.6 is 0 Å². The first-order valence-electron chi connectivity index (χ1n) is 24.3. The van der Waals surface area contributed by atoms with Crippen molar-refractivity contribution in [3.63, 3.8) is 0 Å². The number of carbonyl (C=O) groups is 6. The lowest BCUT2D eigenvalue weighted by Gasteiger charge is -2.28. The summed E-state index contributed by atoms with van der Waals surface area (Å²) in [7, 11) is 2.77. The number of fused-ring (bicyclic) bond motifs is 1. The summed E-state index contributed by atoms with van der Waals surface area (Å²) < 4.78 is 0. The topological polar surface area (TPSA) is 443 Å². The molecule has 0 aromatic heterocycles. The standard InChI is InChI=1S/C48H75N19O7/c1-57-39(68)33(16-8-22-58-45(49)50)62-40(69)34(17-9-23-59-46(51)52)63-41(70)35(18-10-24-60-47(53)54)64-42(71)36(19-11-25-61-48(55)56)65-43(72)37(28-30-20-21-31-14-6-7-15-32(31)26-30)66-44(73)38(67-74-2)27-29-12-4-3-5-13-29/h3-7,12-15,20-21,26,33-38,67H,8-11,16-19,22-25,27-28H2,1-2H3,(H,57,68)(H,62,69)(H,63,70)(H,64,71)(H,65,72)(H,66,73)(H4,49,50,58)(H4,51,52,59)(H4,53,54,60)(H4,55,56,61)/t33-,34+,35-,36+,37+,38-/m1/s1. The van der Waals surface area contributed by atoms with Crippen molar-refractivity contribution < 1.29 is 33.6 Å². The third-order valence-corrected chi connectivity index (χ3v) is 11.5. The van der Waals surface area contributed by atoms with E-state index in [0.29, 0.717) is 12.0 Å². The van der Waals surface area contributed by atoms with Crippen LogP contribution in [0.25, 0.3) is 10.8 Å². The fourth-order valence-corrected chi connectivity index (χ4v) is 7.72. The summed E-state index contributed by atoms with van der Waals surface area (Å²) in [6.45, 7) is 0.652. The van der Waals surface area contributed by atoms with Crippen molar-refractivity contribution in [3.05, 3.63) is 83.9 Å². The molecule has 3 aromatic rings. The largest absolute Gasteiger partial charge is 0.370 e. The van der Waals surface area contributed by atoms with Crippen LogP contribution in [0.3, 0.4) is 0 Å². The molecule has 0 saturated heterocycles. The highest BCUT2D eigenvalue weighted by atomic mass is 16.6. The van der Waals surface area contributed by atoms with Crippen LogP contribution in [-0.4, -0.2) is 136 Å². The number of likely N-dealkylation sites (N-methyl/N-ethyl adjacent to an activating group) is 1. The SMILES string of the molecule is CNC(=O)[C@@H](CCCNC(=N)N)NC(=O)[C@H](CCCNC(=N)N)NC(=O)[C@@H](CCCNC(=N)N)NC(=O)[C@H](CCCNC(=N)N)NC(=O)[C@H](Cc1ccc2ccccc2c1)NC(=O)[C@@H](Cc1ccccc1)NOC. The predicted molar refractivity (Wildman–Crippen MR) is 282 cm³/mol. The highest BCUT2D eigenvalue weighted by molar-refractivity contribution is 5.97. The van der Waals surface area contributed by atoms with Crippen LogP contribution in [-0.2, 0) is 46.4 Å². The number of hydrogen-bond acceptors (Lipinski definition) is 12. The molecule has 0 aliphatic carbocycles. The molecule has 6 amide bonds. The van der Waals surface area contributed by atoms with Crippen molar-refractivity contribution in [2.24, 2.45) is 22.9 Å². The molecule has 0 fully saturated rings. The van der Waals surface area contributed by atoms with Gasteiger partial charge >= 0.3 is 0 Å². The highest BCUT2D eigenvalue weighted by Gasteiger charge is 2.33. The van der Waals surface area contributed by atoms with E-state index in [9.17, 15) is 28.8 Å². The van der Waals surface area contributed by atoms with E-state index in [1.165, 1.54) is 14.2 Å². The quantitative estimate of drug-likeness (QED) is 0.0128. The zero-order valence-electron chi connectivity index (χ0n) is 42.0. The first kappa shape index (κ1) is 60.0. The second kappa shape index (κ2) is 32.7. The smallest absolute Gasteiger partial charge is 0.243 e. The monoisotopic (exact) mass is 1030 g/mol. The molecule has 0 aliphatic heterocycles. The number of rotatable bonds is 33. The third-order valence-electron chi connectivity index (χ3n) is 11.5. The maximum atomic E-state index is 14.6. The summed E-state index contributed by atoms with van der Waals surface area (Å²) in [4.78, 5) is 89.7. The van der Waals surface area contributed by atoms with Gasteiger partial charge in [-0.3, -0.25) is 50.4 Å². The van der Waals surface area contributed by atoms with E-state index < -0.39 is 71.7 Å². The maximum Gasteiger partial charge on any atom is 0.243 e. The molecule has 26 heteroatoms. The van der Waals surface area contributed by atoms with Crippen LogP contribution < -0.4 is 81.6 Å². The maximum absolute atomic E-state index is 14.6. The van der Waals surface area contributed by atoms with E-state index in [2.05, 4.69) is 58.6 Å². The van der Waals surface area contributed by atoms with Gasteiger partial charge in [-0.15, -0.1) is 0 Å². The Morgan fingerprint density at radius 2 is 0.797 bits per heavy atom. The molecule has 404 valence electrons. The molecule has 3 rings (SSSR count). The average Bonchev–Trinajstić information content (AvgIpc) is 3.36. The minimum absolute atomic E-state index is 0.00330. The first-order chi connectivity index (χ1) is 35.4. The molecule has 23 N–H and O–H groups in total. The van der Waals surface area contributed by atoms with Crippen molar-refractivity contribution >= 4 is 70.1 Å². The Morgan fingerprint density at radius 3 is 1.20 bits per heavy atom. The molecule has 3 aromatic carbocycles. The average molecular weight is 1030 g/mol. The Labute approximate surface area is 430 Å². The van der Waals surface area contributed by atoms with Gasteiger partial charge in [0.25, 0.3) is 0 Å². The summed E-state index contributed by atoms with van der Waals surface area (Å²) in [5.74, 6) is -5.37. The van der Waals surface area contributed by atoms with Gasteiger partial charge < -0.3 is 80.9 Å². The molecular formula is C48H75N19O7. The minimum Gasteiger partial charge on any atom is -0.370 e. The Kier molecular flexibility index (Phi) is 26.5. The zero-order chi connectivity index (χ0) is 54.4. The van der Waals surface area contributed by atoms with Crippen LogP contribution in [0.5, 0.6) is 0 Å². The zero-order valence-corrected chi connectivity index (χ0v) is 42.0. The van der Waals surface area contributed by atoms with Gasteiger partial charge in [0.05, 0.1) is 7.11 Å². The molecule has 6 atom stereocenters. The van der Waals surface area contributed by atoms with Gasteiger partial charge in [-0.2, -0.15) is 5.48 Å². The van der Waals surface area contributed by atoms with E-state index >= 15 is 0 Å². The first-order valence-corrected chi connectivity index (χ1v) is 24.3. The Hall–Kier alpha value is -8.26. The van der Waals surface area contributed by atoms with E-state index in [1.54, 1.807) is 0 Å². The Bertz CT molecular complexity index is 2360. The van der Waals surface area contributed by atoms with Gasteiger partial charge in [0, 0.05) is 39.6 Å². The van der Waals surface area contributed by atoms with Gasteiger partial charge in [-0.25, -0.2) is 0 Å². The number of nitrogens with one attached hydrogen (secondary N) is 15. The highest BCUT2D eigenvalue weighted by Crippen LogP contribution is 2.18. The molecular weight excluding hydrogens is 955 g/mol. The van der Waals surface area contributed by atoms with Gasteiger partial charge in [0.2, 0.25) is 35.4 Å². The summed E-state index contributed by atoms with van der Waals surface area (Å²) in [5, 5.41) is 59.0. The van der Waals surface area contributed by atoms with Crippen LogP contribution in [0.2, 0.25) is 0 Å². The lowest BCUT2D eigenvalue weighted by molar-refractivity contribution is -0.135. The molecule has 0 aliphatic rings. The van der Waals surface area contributed by atoms with Crippen LogP contribution in [0.4, 0.5) is 0 Å². The third kappa shape index (κ3) is 22.9. The van der Waals surface area contributed by atoms with Crippen molar-refractivity contribution in [2.75, 3.05) is 40.3 Å². The van der Waals surface area contributed by atoms with Crippen molar-refractivity contribution in [1.82, 2.24) is 58.6 Å². The lowest BCUT2D eigenvalue weighted by atomic mass is 9.99. The molecule has 0 saturated carbocycles. The fraction of sp³-hybridized carbons (Fsp3) is 0.458. The van der Waals surface area contributed by atoms with E-state index in [1.807, 2.05) is 72.8 Å². The van der Waals surface area contributed by atoms with Gasteiger partial charge in [-0.1, -0.05) is 72.8 Å². The number of hydrogen-bond donors (Lipinski definition) is 19. The molecule has 0 radical (unpaired) electrons. The van der Waals surface area contributed by atoms with Gasteiger partial charge in [0.15, 0.2) is 23.8 Å². The predicted octanol–water partition coefficient (Wildman–Crippen LogP) is -2.63. The van der Waals surface area contributed by atoms with Gasteiger partial charge in [0.1, 0.15) is 36.3 Å². The van der Waals surface area contributed by atoms with E-state index in [4.69, 9.17) is 49.4 Å². The van der Waals surface area contributed by atoms with Gasteiger partial charge in [-0.05, 0) is 79.7 Å². The minimum atomic E-state index is -1.35. The molecule has 0 unspecified atom stereocenters. The van der Waals surface area contributed by atoms with Crippen LogP contribution in [0.15, 0.2) is 72.8 Å². The molecule has 74 heavy (non-hydrogen) atoms. The normalized spacial score (nSPS) is 13.2. The van der Waals surface area contributed by atoms with Crippen molar-refractivity contribution in [2.45, 2.75) is 100 Å². The molecule has 0 bridgehead atoms. The van der Waals surface area contributed by atoms with Crippen molar-refractivity contribution in [3.8, 4) is 0 Å². The Balaban J connectivity index is 1.99. The van der Waals surface area contributed by atoms with E-state index in [-0.39, 0.29) is 108 Å². The van der Waals surface area contributed by atoms with Crippen LogP contribution in [0, 0.1) is 21.6 Å². The second-order valence-electron chi connectivity index (χ2n) is 17.3. The summed E-state index contributed by atoms with van der Waals surface area (Å²) in [6, 6.07) is 15.3. The van der Waals surface area contributed by atoms with Crippen molar-refractivity contribution in [1.29, 1.82) is 21.6 Å². The number of benzene rings is 3. The summed E-state index contributed by atoms with van der Waals surface area (Å²) in [6.07, 6.45) is 1.19. The lowest BCUT2D eigenvalue weighted by Crippen LogP contribution is -2.60.